The summed E-state index contributed by atoms with van der Waals surface area (Å²) in [6.07, 6.45) is -4.25. The summed E-state index contributed by atoms with van der Waals surface area (Å²) < 4.78 is 46.8. The molecule has 0 aromatic heterocycles. The molecule has 5 nitrogen and oxygen atoms in total. The Bertz CT molecular complexity index is 326. The third-order valence-corrected chi connectivity index (χ3v) is 2.79. The number of ether oxygens (including phenoxy) is 2. The summed E-state index contributed by atoms with van der Waals surface area (Å²) in [7, 11) is 1.14. The van der Waals surface area contributed by atoms with E-state index in [0.29, 0.717) is 17.9 Å². The van der Waals surface area contributed by atoms with Crippen LogP contribution in [0, 0.1) is 0 Å². The molecule has 0 aliphatic carbocycles. The maximum absolute atomic E-state index is 12.4. The van der Waals surface area contributed by atoms with Crippen molar-refractivity contribution in [1.82, 2.24) is 4.90 Å². The second-order valence-electron chi connectivity index (χ2n) is 4.21. The van der Waals surface area contributed by atoms with Crippen molar-refractivity contribution < 1.29 is 32.2 Å². The fourth-order valence-electron chi connectivity index (χ4n) is 1.82. The van der Waals surface area contributed by atoms with Gasteiger partial charge in [0.25, 0.3) is 0 Å². The summed E-state index contributed by atoms with van der Waals surface area (Å²) in [5, 5.41) is 0. The number of halogens is 3. The highest BCUT2D eigenvalue weighted by Gasteiger charge is 2.43. The fourth-order valence-corrected chi connectivity index (χ4v) is 1.82. The van der Waals surface area contributed by atoms with Gasteiger partial charge in [-0.1, -0.05) is 0 Å². The molecule has 1 aliphatic heterocycles. The Labute approximate surface area is 108 Å². The smallest absolute Gasteiger partial charge is 0.469 e. The van der Waals surface area contributed by atoms with Crippen LogP contribution in [-0.2, 0) is 19.1 Å². The minimum atomic E-state index is -4.95. The average molecular weight is 283 g/mol. The van der Waals surface area contributed by atoms with Gasteiger partial charge in [0, 0.05) is 19.7 Å². The van der Waals surface area contributed by atoms with E-state index < -0.39 is 24.2 Å². The van der Waals surface area contributed by atoms with Gasteiger partial charge in [-0.3, -0.25) is 9.59 Å². The van der Waals surface area contributed by atoms with Crippen LogP contribution in [0.4, 0.5) is 13.2 Å². The van der Waals surface area contributed by atoms with Crippen molar-refractivity contribution in [1.29, 1.82) is 0 Å². The second-order valence-corrected chi connectivity index (χ2v) is 4.21. The van der Waals surface area contributed by atoms with Crippen LogP contribution in [0.5, 0.6) is 0 Å². The number of esters is 1. The quantitative estimate of drug-likeness (QED) is 0.709. The van der Waals surface area contributed by atoms with Crippen molar-refractivity contribution in [2.24, 2.45) is 0 Å². The molecule has 1 heterocycles. The zero-order valence-electron chi connectivity index (χ0n) is 10.5. The van der Waals surface area contributed by atoms with Gasteiger partial charge in [-0.05, 0) is 12.8 Å². The van der Waals surface area contributed by atoms with Crippen LogP contribution in [0.25, 0.3) is 0 Å². The van der Waals surface area contributed by atoms with Crippen LogP contribution < -0.4 is 0 Å². The first kappa shape index (κ1) is 15.7. The van der Waals surface area contributed by atoms with Crippen molar-refractivity contribution in [3.8, 4) is 0 Å². The van der Waals surface area contributed by atoms with E-state index in [1.54, 1.807) is 0 Å². The van der Waals surface area contributed by atoms with Gasteiger partial charge in [0.15, 0.2) is 0 Å². The van der Waals surface area contributed by atoms with E-state index in [9.17, 15) is 22.8 Å². The molecule has 0 saturated carbocycles. The van der Waals surface area contributed by atoms with Gasteiger partial charge in [-0.15, -0.1) is 0 Å². The van der Waals surface area contributed by atoms with E-state index in [1.807, 2.05) is 0 Å². The lowest BCUT2D eigenvalue weighted by Gasteiger charge is -2.25. The molecule has 1 saturated heterocycles. The van der Waals surface area contributed by atoms with Crippen molar-refractivity contribution in [3.05, 3.63) is 0 Å². The zero-order valence-corrected chi connectivity index (χ0v) is 10.5. The molecule has 19 heavy (non-hydrogen) atoms. The summed E-state index contributed by atoms with van der Waals surface area (Å²) in [6.45, 7) is -0.00404. The van der Waals surface area contributed by atoms with E-state index in [-0.39, 0.29) is 19.5 Å². The third-order valence-electron chi connectivity index (χ3n) is 2.79. The van der Waals surface area contributed by atoms with Crippen LogP contribution in [-0.4, -0.2) is 55.9 Å². The molecule has 110 valence electrons. The van der Waals surface area contributed by atoms with Gasteiger partial charge in [-0.25, -0.2) is 0 Å². The Balaban J connectivity index is 2.60. The predicted molar refractivity (Wildman–Crippen MR) is 58.2 cm³/mol. The van der Waals surface area contributed by atoms with Gasteiger partial charge < -0.3 is 14.4 Å². The highest BCUT2D eigenvalue weighted by molar-refractivity contribution is 5.82. The largest absolute Gasteiger partial charge is 0.471 e. The first-order valence-electron chi connectivity index (χ1n) is 5.89. The molecule has 0 spiro atoms. The molecule has 0 bridgehead atoms. The van der Waals surface area contributed by atoms with E-state index in [4.69, 9.17) is 4.74 Å². The fraction of sp³-hybridized carbons (Fsp3) is 0.818. The Morgan fingerprint density at radius 2 is 2.11 bits per heavy atom. The molecule has 0 radical (unpaired) electrons. The first-order chi connectivity index (χ1) is 8.84. The van der Waals surface area contributed by atoms with E-state index in [1.165, 1.54) is 0 Å². The summed E-state index contributed by atoms with van der Waals surface area (Å²) in [5.74, 6) is -2.61. The van der Waals surface area contributed by atoms with Crippen LogP contribution in [0.2, 0.25) is 0 Å². The summed E-state index contributed by atoms with van der Waals surface area (Å²) >= 11 is 0. The number of alkyl halides is 3. The Morgan fingerprint density at radius 1 is 1.42 bits per heavy atom. The van der Waals surface area contributed by atoms with Crippen LogP contribution in [0.15, 0.2) is 0 Å². The predicted octanol–water partition coefficient (Wildman–Crippen LogP) is 1.12. The van der Waals surface area contributed by atoms with E-state index >= 15 is 0 Å². The topological polar surface area (TPSA) is 55.8 Å². The van der Waals surface area contributed by atoms with Gasteiger partial charge in [-0.2, -0.15) is 13.2 Å². The highest BCUT2D eigenvalue weighted by Crippen LogP contribution is 2.21. The molecule has 1 atom stereocenters. The molecule has 0 aromatic rings. The average Bonchev–Trinajstić information content (AvgIpc) is 2.84. The summed E-state index contributed by atoms with van der Waals surface area (Å²) in [5.41, 5.74) is 0. The van der Waals surface area contributed by atoms with Crippen LogP contribution >= 0.6 is 0 Å². The van der Waals surface area contributed by atoms with E-state index in [0.717, 1.165) is 13.5 Å². The monoisotopic (exact) mass is 283 g/mol. The number of carbonyl (C=O) groups excluding carboxylic acids is 2. The Hall–Kier alpha value is -1.31. The maximum atomic E-state index is 12.4. The summed E-state index contributed by atoms with van der Waals surface area (Å²) in [6, 6.07) is 0. The Kier molecular flexibility index (Phi) is 5.59. The lowest BCUT2D eigenvalue weighted by Crippen LogP contribution is -2.45. The number of hydrogen-bond donors (Lipinski definition) is 0. The zero-order chi connectivity index (χ0) is 14.5. The van der Waals surface area contributed by atoms with Gasteiger partial charge >= 0.3 is 18.1 Å². The van der Waals surface area contributed by atoms with Crippen LogP contribution in [0.1, 0.15) is 19.3 Å². The number of nitrogens with zero attached hydrogens (tertiary/aromatic N) is 1. The molecular weight excluding hydrogens is 267 g/mol. The molecular formula is C11H16F3NO4. The normalized spacial score (nSPS) is 19.3. The first-order valence-corrected chi connectivity index (χ1v) is 5.89. The van der Waals surface area contributed by atoms with E-state index in [2.05, 4.69) is 4.74 Å². The number of hydrogen-bond acceptors (Lipinski definition) is 4. The molecule has 1 aliphatic rings. The maximum Gasteiger partial charge on any atom is 0.471 e. The molecule has 8 heteroatoms. The van der Waals surface area contributed by atoms with Crippen molar-refractivity contribution in [2.75, 3.05) is 26.8 Å². The lowest BCUT2D eigenvalue weighted by atomic mass is 10.2. The lowest BCUT2D eigenvalue weighted by molar-refractivity contribution is -0.187. The van der Waals surface area contributed by atoms with Gasteiger partial charge in [0.1, 0.15) is 0 Å². The number of rotatable bonds is 5. The number of methoxy groups -OCH3 is 1. The number of carbonyl (C=O) groups is 2. The van der Waals surface area contributed by atoms with Crippen molar-refractivity contribution in [2.45, 2.75) is 31.5 Å². The minimum Gasteiger partial charge on any atom is -0.469 e. The SMILES string of the molecule is COC(=O)CCN(CC1CCCO1)C(=O)C(F)(F)F. The van der Waals surface area contributed by atoms with Crippen molar-refractivity contribution >= 4 is 11.9 Å². The molecule has 1 fully saturated rings. The van der Waals surface area contributed by atoms with Gasteiger partial charge in [0.05, 0.1) is 19.6 Å². The second kappa shape index (κ2) is 6.74. The van der Waals surface area contributed by atoms with Crippen LogP contribution in [0.3, 0.4) is 0 Å². The molecule has 0 aromatic carbocycles. The Morgan fingerprint density at radius 3 is 2.58 bits per heavy atom. The number of amides is 1. The minimum absolute atomic E-state index is 0.157. The molecule has 0 N–H and O–H groups in total. The molecule has 1 amide bonds. The molecule has 1 rings (SSSR count). The standard InChI is InChI=1S/C11H16F3NO4/c1-18-9(16)4-5-15(10(17)11(12,13)14)7-8-3-2-6-19-8/h8H,2-7H2,1H3. The highest BCUT2D eigenvalue weighted by atomic mass is 19.4. The van der Waals surface area contributed by atoms with Gasteiger partial charge in [0.2, 0.25) is 0 Å². The van der Waals surface area contributed by atoms with Crippen molar-refractivity contribution in [3.63, 3.8) is 0 Å². The third kappa shape index (κ3) is 5.06. The summed E-state index contributed by atoms with van der Waals surface area (Å²) in [4.78, 5) is 22.8. The molecule has 1 unspecified atom stereocenters.